The number of aliphatic hydroxyl groups is 1. The van der Waals surface area contributed by atoms with Gasteiger partial charge in [0.1, 0.15) is 5.60 Å². The maximum atomic E-state index is 13.2. The molecule has 2 nitrogen and oxygen atoms in total. The Morgan fingerprint density at radius 3 is 2.75 bits per heavy atom. The number of rotatable bonds is 0. The van der Waals surface area contributed by atoms with Crippen LogP contribution < -0.4 is 0 Å². The topological polar surface area (TPSA) is 37.3 Å². The van der Waals surface area contributed by atoms with Crippen LogP contribution in [0.1, 0.15) is 54.4 Å². The Morgan fingerprint density at radius 2 is 1.85 bits per heavy atom. The Morgan fingerprint density at radius 1 is 1.05 bits per heavy atom. The third-order valence-electron chi connectivity index (χ3n) is 7.01. The van der Waals surface area contributed by atoms with Crippen molar-refractivity contribution in [3.63, 3.8) is 0 Å². The molecule has 0 radical (unpaired) electrons. The van der Waals surface area contributed by atoms with Crippen LogP contribution in [0.5, 0.6) is 0 Å². The van der Waals surface area contributed by atoms with Gasteiger partial charge < -0.3 is 5.11 Å². The zero-order chi connectivity index (χ0) is 13.5. The Labute approximate surface area is 119 Å². The van der Waals surface area contributed by atoms with E-state index >= 15 is 0 Å². The highest BCUT2D eigenvalue weighted by Crippen LogP contribution is 2.74. The number of ketones is 1. The number of carbonyl (C=O) groups is 1. The van der Waals surface area contributed by atoms with Gasteiger partial charge in [-0.25, -0.2) is 0 Å². The maximum absolute atomic E-state index is 13.2. The monoisotopic (exact) mass is 268 g/mol. The average Bonchev–Trinajstić information content (AvgIpc) is 3.17. The standard InChI is InChI=1S/C18H20O2/c19-16-12-5-1-2-7-15(12)18(20)14-8-3-6-11(14)13-9-4-10-17(13,16)18/h1-2,5,7,11,13-14,20H,3-4,6,8-10H2. The molecule has 3 saturated carbocycles. The Balaban J connectivity index is 1.84. The lowest BCUT2D eigenvalue weighted by atomic mass is 9.68. The quantitative estimate of drug-likeness (QED) is 0.784. The highest BCUT2D eigenvalue weighted by molar-refractivity contribution is 6.07. The number of hydrogen-bond acceptors (Lipinski definition) is 2. The van der Waals surface area contributed by atoms with Gasteiger partial charge in [-0.15, -0.1) is 0 Å². The molecular formula is C18H20O2. The van der Waals surface area contributed by atoms with Crippen LogP contribution in [0.25, 0.3) is 0 Å². The van der Waals surface area contributed by atoms with Crippen LogP contribution >= 0.6 is 0 Å². The van der Waals surface area contributed by atoms with E-state index in [0.29, 0.717) is 17.8 Å². The number of fused-ring (bicyclic) bond motifs is 5. The lowest BCUT2D eigenvalue weighted by molar-refractivity contribution is -0.0775. The fraction of sp³-hybridized carbons (Fsp3) is 0.611. The molecule has 1 spiro atoms. The second-order valence-corrected chi connectivity index (χ2v) is 7.31. The highest BCUT2D eigenvalue weighted by atomic mass is 16.3. The van der Waals surface area contributed by atoms with Gasteiger partial charge in [0.25, 0.3) is 0 Å². The van der Waals surface area contributed by atoms with E-state index in [4.69, 9.17) is 0 Å². The van der Waals surface area contributed by atoms with E-state index in [1.165, 1.54) is 12.8 Å². The van der Waals surface area contributed by atoms with Crippen LogP contribution in [-0.2, 0) is 5.60 Å². The molecule has 3 fully saturated rings. The van der Waals surface area contributed by atoms with Crippen LogP contribution in [0.15, 0.2) is 24.3 Å². The fourth-order valence-electron chi connectivity index (χ4n) is 6.55. The van der Waals surface area contributed by atoms with Crippen LogP contribution in [0, 0.1) is 23.2 Å². The molecule has 5 unspecified atom stereocenters. The van der Waals surface area contributed by atoms with Crippen molar-refractivity contribution in [3.8, 4) is 0 Å². The van der Waals surface area contributed by atoms with E-state index in [-0.39, 0.29) is 5.78 Å². The second kappa shape index (κ2) is 3.36. The van der Waals surface area contributed by atoms with Crippen molar-refractivity contribution >= 4 is 5.78 Å². The zero-order valence-electron chi connectivity index (χ0n) is 11.6. The highest BCUT2D eigenvalue weighted by Gasteiger charge is 2.76. The van der Waals surface area contributed by atoms with Gasteiger partial charge in [0.05, 0.1) is 5.41 Å². The molecule has 4 aliphatic carbocycles. The molecule has 1 aromatic carbocycles. The SMILES string of the molecule is O=C1c2ccccc2C2(O)C3CCCC3C3CCCC132. The van der Waals surface area contributed by atoms with Crippen LogP contribution in [0.3, 0.4) is 0 Å². The van der Waals surface area contributed by atoms with Gasteiger partial charge in [-0.2, -0.15) is 0 Å². The summed E-state index contributed by atoms with van der Waals surface area (Å²) in [6.07, 6.45) is 6.68. The summed E-state index contributed by atoms with van der Waals surface area (Å²) in [7, 11) is 0. The molecule has 0 amide bonds. The minimum atomic E-state index is -0.858. The van der Waals surface area contributed by atoms with E-state index in [0.717, 1.165) is 36.8 Å². The minimum absolute atomic E-state index is 0.257. The van der Waals surface area contributed by atoms with E-state index in [2.05, 4.69) is 0 Å². The summed E-state index contributed by atoms with van der Waals surface area (Å²) < 4.78 is 0. The first-order valence-corrected chi connectivity index (χ1v) is 8.08. The van der Waals surface area contributed by atoms with Crippen molar-refractivity contribution < 1.29 is 9.90 Å². The number of carbonyl (C=O) groups excluding carboxylic acids is 1. The predicted octanol–water partition coefficient (Wildman–Crippen LogP) is 3.29. The van der Waals surface area contributed by atoms with Gasteiger partial charge in [0.2, 0.25) is 0 Å². The lowest BCUT2D eigenvalue weighted by Gasteiger charge is -2.38. The summed E-state index contributed by atoms with van der Waals surface area (Å²) in [5, 5.41) is 11.8. The molecule has 0 heterocycles. The van der Waals surface area contributed by atoms with Gasteiger partial charge in [-0.05, 0) is 49.0 Å². The van der Waals surface area contributed by atoms with Crippen LogP contribution in [0.2, 0.25) is 0 Å². The fourth-order valence-corrected chi connectivity index (χ4v) is 6.55. The zero-order valence-corrected chi connectivity index (χ0v) is 11.6. The molecule has 104 valence electrons. The first-order valence-electron chi connectivity index (χ1n) is 8.08. The lowest BCUT2D eigenvalue weighted by Crippen LogP contribution is -2.45. The Hall–Kier alpha value is -1.15. The summed E-state index contributed by atoms with van der Waals surface area (Å²) in [4.78, 5) is 13.2. The molecular weight excluding hydrogens is 248 g/mol. The van der Waals surface area contributed by atoms with Crippen LogP contribution in [0.4, 0.5) is 0 Å². The first-order chi connectivity index (χ1) is 9.71. The Kier molecular flexibility index (Phi) is 1.93. The van der Waals surface area contributed by atoms with E-state index < -0.39 is 11.0 Å². The molecule has 5 rings (SSSR count). The van der Waals surface area contributed by atoms with Crippen molar-refractivity contribution in [1.82, 2.24) is 0 Å². The molecule has 1 N–H and O–H groups in total. The Bertz CT molecular complexity index is 622. The van der Waals surface area contributed by atoms with Gasteiger partial charge in [-0.3, -0.25) is 4.79 Å². The third kappa shape index (κ3) is 0.920. The molecule has 0 aromatic heterocycles. The normalized spacial score (nSPS) is 48.0. The molecule has 0 aliphatic heterocycles. The molecule has 0 saturated heterocycles. The summed E-state index contributed by atoms with van der Waals surface area (Å²) in [5.74, 6) is 1.59. The molecule has 2 heteroatoms. The van der Waals surface area contributed by atoms with Crippen LogP contribution in [-0.4, -0.2) is 10.9 Å². The van der Waals surface area contributed by atoms with E-state index in [9.17, 15) is 9.90 Å². The molecule has 1 aromatic rings. The summed E-state index contributed by atoms with van der Waals surface area (Å²) in [5.41, 5.74) is 0.439. The third-order valence-corrected chi connectivity index (χ3v) is 7.01. The number of benzene rings is 1. The predicted molar refractivity (Wildman–Crippen MR) is 75.3 cm³/mol. The molecule has 20 heavy (non-hydrogen) atoms. The van der Waals surface area contributed by atoms with Gasteiger partial charge in [-0.1, -0.05) is 37.1 Å². The smallest absolute Gasteiger partial charge is 0.172 e. The van der Waals surface area contributed by atoms with Crippen molar-refractivity contribution in [1.29, 1.82) is 0 Å². The molecule has 0 bridgehead atoms. The van der Waals surface area contributed by atoms with Gasteiger partial charge in [0.15, 0.2) is 5.78 Å². The second-order valence-electron chi connectivity index (χ2n) is 7.31. The molecule has 5 atom stereocenters. The van der Waals surface area contributed by atoms with Gasteiger partial charge >= 0.3 is 0 Å². The van der Waals surface area contributed by atoms with E-state index in [1.807, 2.05) is 24.3 Å². The van der Waals surface area contributed by atoms with Gasteiger partial charge in [0, 0.05) is 5.56 Å². The maximum Gasteiger partial charge on any atom is 0.172 e. The average molecular weight is 268 g/mol. The van der Waals surface area contributed by atoms with Crippen molar-refractivity contribution in [2.24, 2.45) is 23.2 Å². The first kappa shape index (κ1) is 11.5. The number of hydrogen-bond donors (Lipinski definition) is 1. The summed E-state index contributed by atoms with van der Waals surface area (Å²) in [6.45, 7) is 0. The largest absolute Gasteiger partial charge is 0.384 e. The van der Waals surface area contributed by atoms with Crippen molar-refractivity contribution in [2.75, 3.05) is 0 Å². The minimum Gasteiger partial charge on any atom is -0.384 e. The molecule has 4 aliphatic rings. The van der Waals surface area contributed by atoms with Crippen molar-refractivity contribution in [2.45, 2.75) is 44.1 Å². The summed E-state index contributed by atoms with van der Waals surface area (Å²) in [6, 6.07) is 7.86. The van der Waals surface area contributed by atoms with E-state index in [1.54, 1.807) is 0 Å². The summed E-state index contributed by atoms with van der Waals surface area (Å²) >= 11 is 0. The van der Waals surface area contributed by atoms with Crippen molar-refractivity contribution in [3.05, 3.63) is 35.4 Å². The number of Topliss-reactive ketones (excluding diaryl/α,β-unsaturated/α-hetero) is 1.